The summed E-state index contributed by atoms with van der Waals surface area (Å²) in [5, 5.41) is 10.8. The number of rotatable bonds is 5. The predicted molar refractivity (Wildman–Crippen MR) is 75.2 cm³/mol. The molecule has 1 aromatic carbocycles. The van der Waals surface area contributed by atoms with E-state index in [4.69, 9.17) is 5.84 Å². The average Bonchev–Trinajstić information content (AvgIpc) is 3.28. The van der Waals surface area contributed by atoms with Gasteiger partial charge in [0.15, 0.2) is 0 Å². The molecule has 0 radical (unpaired) electrons. The molecule has 1 aliphatic carbocycles. The molecule has 108 valence electrons. The van der Waals surface area contributed by atoms with Crippen molar-refractivity contribution >= 4 is 17.3 Å². The van der Waals surface area contributed by atoms with Crippen LogP contribution in [0, 0.1) is 16.0 Å². The van der Waals surface area contributed by atoms with Gasteiger partial charge in [0.2, 0.25) is 0 Å². The summed E-state index contributed by atoms with van der Waals surface area (Å²) in [6, 6.07) is 4.33. The van der Waals surface area contributed by atoms with Crippen molar-refractivity contribution in [2.75, 3.05) is 12.5 Å². The quantitative estimate of drug-likeness (QED) is 0.485. The number of nitro groups is 1. The first-order valence-electron chi connectivity index (χ1n) is 6.48. The van der Waals surface area contributed by atoms with Gasteiger partial charge in [-0.3, -0.25) is 20.8 Å². The lowest BCUT2D eigenvalue weighted by molar-refractivity contribution is -0.384. The molecule has 0 aromatic heterocycles. The zero-order valence-electron chi connectivity index (χ0n) is 11.5. The Morgan fingerprint density at radius 3 is 2.70 bits per heavy atom. The van der Waals surface area contributed by atoms with Crippen molar-refractivity contribution in [2.24, 2.45) is 11.8 Å². The number of nitrogens with two attached hydrogens (primary N) is 1. The van der Waals surface area contributed by atoms with Gasteiger partial charge in [-0.1, -0.05) is 0 Å². The second kappa shape index (κ2) is 5.46. The van der Waals surface area contributed by atoms with Gasteiger partial charge in [0.05, 0.1) is 4.92 Å². The van der Waals surface area contributed by atoms with E-state index in [1.165, 1.54) is 18.2 Å². The summed E-state index contributed by atoms with van der Waals surface area (Å²) in [7, 11) is 1.75. The molecule has 7 nitrogen and oxygen atoms in total. The second-order valence-electron chi connectivity index (χ2n) is 5.13. The van der Waals surface area contributed by atoms with E-state index >= 15 is 0 Å². The molecule has 1 amide bonds. The van der Waals surface area contributed by atoms with Crippen LogP contribution in [0.4, 0.5) is 11.4 Å². The summed E-state index contributed by atoms with van der Waals surface area (Å²) in [5.41, 5.74) is 2.63. The first kappa shape index (κ1) is 14.3. The van der Waals surface area contributed by atoms with Crippen molar-refractivity contribution in [1.82, 2.24) is 4.90 Å². The number of benzene rings is 1. The third-order valence-corrected chi connectivity index (χ3v) is 3.83. The fourth-order valence-corrected chi connectivity index (χ4v) is 2.23. The van der Waals surface area contributed by atoms with Crippen LogP contribution in [0.25, 0.3) is 0 Å². The second-order valence-corrected chi connectivity index (χ2v) is 5.13. The molecule has 1 aliphatic rings. The number of nitrogens with one attached hydrogen (secondary N) is 1. The first-order valence-corrected chi connectivity index (χ1v) is 6.48. The molecule has 3 N–H and O–H groups in total. The van der Waals surface area contributed by atoms with E-state index in [0.29, 0.717) is 11.5 Å². The standard InChI is InChI=1S/C13H18N4O3/c1-8(9-3-4-9)16(2)13(18)10-5-6-12(17(19)20)11(7-10)15-14/h5-9,15H,3-4,14H2,1-2H3. The number of carbonyl (C=O) groups is 1. The Labute approximate surface area is 116 Å². The smallest absolute Gasteiger partial charge is 0.293 e. The fraction of sp³-hybridized carbons (Fsp3) is 0.462. The minimum Gasteiger partial charge on any atom is -0.339 e. The molecule has 2 rings (SSSR count). The Bertz CT molecular complexity index is 542. The van der Waals surface area contributed by atoms with Crippen LogP contribution in [0.1, 0.15) is 30.1 Å². The van der Waals surface area contributed by atoms with Gasteiger partial charge in [-0.15, -0.1) is 0 Å². The number of hydrogen-bond donors (Lipinski definition) is 2. The molecule has 0 saturated heterocycles. The Morgan fingerprint density at radius 1 is 1.55 bits per heavy atom. The molecule has 20 heavy (non-hydrogen) atoms. The van der Waals surface area contributed by atoms with Gasteiger partial charge in [0.25, 0.3) is 11.6 Å². The van der Waals surface area contributed by atoms with Crippen LogP contribution in [0.3, 0.4) is 0 Å². The zero-order valence-corrected chi connectivity index (χ0v) is 11.5. The van der Waals surface area contributed by atoms with Gasteiger partial charge in [0.1, 0.15) is 5.69 Å². The molecule has 0 spiro atoms. The highest BCUT2D eigenvalue weighted by molar-refractivity contribution is 5.96. The monoisotopic (exact) mass is 278 g/mol. The summed E-state index contributed by atoms with van der Waals surface area (Å²) < 4.78 is 0. The molecule has 1 fully saturated rings. The minimum absolute atomic E-state index is 0.133. The van der Waals surface area contributed by atoms with Crippen molar-refractivity contribution < 1.29 is 9.72 Å². The first-order chi connectivity index (χ1) is 9.45. The van der Waals surface area contributed by atoms with Crippen LogP contribution >= 0.6 is 0 Å². The van der Waals surface area contributed by atoms with E-state index in [2.05, 4.69) is 5.43 Å². The van der Waals surface area contributed by atoms with Crippen LogP contribution in [0.15, 0.2) is 18.2 Å². The summed E-state index contributed by atoms with van der Waals surface area (Å²) in [5.74, 6) is 5.68. The number of nitrogen functional groups attached to an aromatic ring is 1. The maximum absolute atomic E-state index is 12.4. The molecule has 1 saturated carbocycles. The number of hydrogen-bond acceptors (Lipinski definition) is 5. The lowest BCUT2D eigenvalue weighted by atomic mass is 10.1. The van der Waals surface area contributed by atoms with Crippen molar-refractivity contribution in [3.8, 4) is 0 Å². The van der Waals surface area contributed by atoms with Gasteiger partial charge in [-0.05, 0) is 37.8 Å². The van der Waals surface area contributed by atoms with E-state index in [1.807, 2.05) is 6.92 Å². The van der Waals surface area contributed by atoms with E-state index in [-0.39, 0.29) is 23.3 Å². The van der Waals surface area contributed by atoms with Crippen molar-refractivity contribution in [1.29, 1.82) is 0 Å². The van der Waals surface area contributed by atoms with Gasteiger partial charge >= 0.3 is 0 Å². The number of amides is 1. The number of carbonyl (C=O) groups excluding carboxylic acids is 1. The maximum atomic E-state index is 12.4. The van der Waals surface area contributed by atoms with Crippen LogP contribution in [-0.2, 0) is 0 Å². The molecule has 0 aliphatic heterocycles. The summed E-state index contributed by atoms with van der Waals surface area (Å²) in [6.07, 6.45) is 2.29. The predicted octanol–water partition coefficient (Wildman–Crippen LogP) is 1.75. The molecule has 7 heteroatoms. The topological polar surface area (TPSA) is 102 Å². The van der Waals surface area contributed by atoms with Crippen LogP contribution in [0.5, 0.6) is 0 Å². The highest BCUT2D eigenvalue weighted by Crippen LogP contribution is 2.35. The zero-order chi connectivity index (χ0) is 14.9. The molecular formula is C13H18N4O3. The molecule has 0 bridgehead atoms. The summed E-state index contributed by atoms with van der Waals surface area (Å²) in [6.45, 7) is 2.02. The minimum atomic E-state index is -0.542. The van der Waals surface area contributed by atoms with Crippen molar-refractivity contribution in [3.63, 3.8) is 0 Å². The SMILES string of the molecule is CC(C1CC1)N(C)C(=O)c1ccc([N+](=O)[O-])c(NN)c1. The molecule has 0 heterocycles. The average molecular weight is 278 g/mol. The van der Waals surface area contributed by atoms with Crippen LogP contribution < -0.4 is 11.3 Å². The van der Waals surface area contributed by atoms with Crippen molar-refractivity contribution in [2.45, 2.75) is 25.8 Å². The van der Waals surface area contributed by atoms with Gasteiger partial charge < -0.3 is 10.3 Å². The van der Waals surface area contributed by atoms with Crippen LogP contribution in [-0.4, -0.2) is 28.8 Å². The molecule has 1 atom stereocenters. The number of hydrazine groups is 1. The summed E-state index contributed by atoms with van der Waals surface area (Å²) in [4.78, 5) is 24.3. The van der Waals surface area contributed by atoms with Gasteiger partial charge in [-0.2, -0.15) is 0 Å². The largest absolute Gasteiger partial charge is 0.339 e. The lowest BCUT2D eigenvalue weighted by Gasteiger charge is -2.25. The highest BCUT2D eigenvalue weighted by Gasteiger charge is 2.33. The Hall–Kier alpha value is -2.15. The third kappa shape index (κ3) is 2.72. The maximum Gasteiger partial charge on any atom is 0.293 e. The molecule has 1 unspecified atom stereocenters. The lowest BCUT2D eigenvalue weighted by Crippen LogP contribution is -2.36. The Kier molecular flexibility index (Phi) is 3.89. The Morgan fingerprint density at radius 2 is 2.20 bits per heavy atom. The van der Waals surface area contributed by atoms with Gasteiger partial charge in [0, 0.05) is 24.7 Å². The van der Waals surface area contributed by atoms with Crippen molar-refractivity contribution in [3.05, 3.63) is 33.9 Å². The number of nitrogens with zero attached hydrogens (tertiary/aromatic N) is 2. The van der Waals surface area contributed by atoms with E-state index < -0.39 is 4.92 Å². The van der Waals surface area contributed by atoms with E-state index in [9.17, 15) is 14.9 Å². The third-order valence-electron chi connectivity index (χ3n) is 3.83. The molecular weight excluding hydrogens is 260 g/mol. The normalized spacial score (nSPS) is 15.6. The van der Waals surface area contributed by atoms with E-state index in [0.717, 1.165) is 12.8 Å². The Balaban J connectivity index is 2.23. The molecule has 1 aromatic rings. The fourth-order valence-electron chi connectivity index (χ4n) is 2.23. The van der Waals surface area contributed by atoms with Crippen LogP contribution in [0.2, 0.25) is 0 Å². The van der Waals surface area contributed by atoms with Gasteiger partial charge in [-0.25, -0.2) is 0 Å². The van der Waals surface area contributed by atoms with E-state index in [1.54, 1.807) is 11.9 Å². The number of anilines is 1. The number of nitro benzene ring substituents is 1. The highest BCUT2D eigenvalue weighted by atomic mass is 16.6. The summed E-state index contributed by atoms with van der Waals surface area (Å²) >= 11 is 0.